The summed E-state index contributed by atoms with van der Waals surface area (Å²) in [5.41, 5.74) is 0.463. The van der Waals surface area contributed by atoms with Gasteiger partial charge in [0.1, 0.15) is 0 Å². The number of hydrogen-bond donors (Lipinski definition) is 0. The third kappa shape index (κ3) is 5.01. The van der Waals surface area contributed by atoms with Crippen LogP contribution in [0.1, 0.15) is 73.6 Å². The van der Waals surface area contributed by atoms with Gasteiger partial charge in [-0.05, 0) is 38.0 Å². The first-order chi connectivity index (χ1) is 6.95. The van der Waals surface area contributed by atoms with Gasteiger partial charge in [-0.2, -0.15) is 0 Å². The molecule has 0 rings (SSSR count). The molecule has 0 amide bonds. The van der Waals surface area contributed by atoms with Crippen LogP contribution in [0.5, 0.6) is 0 Å². The second-order valence-electron chi connectivity index (χ2n) is 5.36. The average Bonchev–Trinajstić information content (AvgIpc) is 2.26. The highest BCUT2D eigenvalue weighted by atomic mass is 16.5. The Bertz CT molecular complexity index is 161. The molecular formula is C14H30O. The van der Waals surface area contributed by atoms with Crippen molar-refractivity contribution in [1.82, 2.24) is 0 Å². The van der Waals surface area contributed by atoms with Gasteiger partial charge < -0.3 is 4.74 Å². The lowest BCUT2D eigenvalue weighted by atomic mass is 9.83. The summed E-state index contributed by atoms with van der Waals surface area (Å²) in [5, 5.41) is 0. The molecule has 0 saturated carbocycles. The Morgan fingerprint density at radius 2 is 1.40 bits per heavy atom. The fourth-order valence-corrected chi connectivity index (χ4v) is 1.76. The Kier molecular flexibility index (Phi) is 6.51. The van der Waals surface area contributed by atoms with Crippen molar-refractivity contribution in [3.63, 3.8) is 0 Å². The smallest absolute Gasteiger partial charge is 0.0649 e. The van der Waals surface area contributed by atoms with Crippen molar-refractivity contribution in [2.75, 3.05) is 6.61 Å². The van der Waals surface area contributed by atoms with E-state index < -0.39 is 0 Å². The lowest BCUT2D eigenvalue weighted by molar-refractivity contribution is -0.0771. The van der Waals surface area contributed by atoms with Gasteiger partial charge in [-0.15, -0.1) is 0 Å². The molecule has 1 unspecified atom stereocenters. The van der Waals surface area contributed by atoms with Crippen LogP contribution >= 0.6 is 0 Å². The van der Waals surface area contributed by atoms with Gasteiger partial charge in [0.2, 0.25) is 0 Å². The summed E-state index contributed by atoms with van der Waals surface area (Å²) in [7, 11) is 0. The summed E-state index contributed by atoms with van der Waals surface area (Å²) < 4.78 is 6.14. The molecule has 0 aromatic carbocycles. The normalized spacial score (nSPS) is 16.4. The molecule has 1 nitrogen and oxygen atoms in total. The minimum Gasteiger partial charge on any atom is -0.375 e. The van der Waals surface area contributed by atoms with Crippen molar-refractivity contribution >= 4 is 0 Å². The zero-order valence-electron chi connectivity index (χ0n) is 11.7. The quantitative estimate of drug-likeness (QED) is 0.564. The second-order valence-corrected chi connectivity index (χ2v) is 5.36. The molecule has 0 aliphatic carbocycles. The lowest BCUT2D eigenvalue weighted by Crippen LogP contribution is -2.33. The molecule has 0 bridgehead atoms. The first-order valence-corrected chi connectivity index (χ1v) is 6.59. The Hall–Kier alpha value is -0.0400. The van der Waals surface area contributed by atoms with Gasteiger partial charge in [-0.3, -0.25) is 0 Å². The largest absolute Gasteiger partial charge is 0.375 e. The molecule has 0 heterocycles. The van der Waals surface area contributed by atoms with Gasteiger partial charge in [0.25, 0.3) is 0 Å². The predicted molar refractivity (Wildman–Crippen MR) is 68.2 cm³/mol. The van der Waals surface area contributed by atoms with E-state index in [1.165, 1.54) is 19.3 Å². The van der Waals surface area contributed by atoms with Gasteiger partial charge in [0.05, 0.1) is 12.2 Å². The van der Waals surface area contributed by atoms with Gasteiger partial charge in [-0.1, -0.05) is 41.0 Å². The molecule has 0 aliphatic rings. The maximum atomic E-state index is 6.14. The number of ether oxygens (including phenoxy) is 1. The monoisotopic (exact) mass is 214 g/mol. The molecule has 92 valence electrons. The zero-order chi connectivity index (χ0) is 11.9. The molecule has 1 heteroatoms. The SMILES string of the molecule is CCCC(C)(CC)COC(C)(CC)CC. The molecule has 0 fully saturated rings. The lowest BCUT2D eigenvalue weighted by Gasteiger charge is -2.34. The zero-order valence-corrected chi connectivity index (χ0v) is 11.7. The summed E-state index contributed by atoms with van der Waals surface area (Å²) in [6, 6.07) is 0. The standard InChI is InChI=1S/C14H30O/c1-7-11-13(5,8-2)12-15-14(6,9-3)10-4/h7-12H2,1-6H3. The molecule has 0 aliphatic heterocycles. The van der Waals surface area contributed by atoms with Gasteiger partial charge >= 0.3 is 0 Å². The van der Waals surface area contributed by atoms with Crippen molar-refractivity contribution in [3.05, 3.63) is 0 Å². The van der Waals surface area contributed by atoms with E-state index in [1.54, 1.807) is 0 Å². The Balaban J connectivity index is 4.20. The number of rotatable bonds is 8. The van der Waals surface area contributed by atoms with E-state index in [9.17, 15) is 0 Å². The van der Waals surface area contributed by atoms with Crippen LogP contribution in [0.2, 0.25) is 0 Å². The molecule has 0 saturated heterocycles. The molecule has 1 atom stereocenters. The van der Waals surface area contributed by atoms with E-state index in [1.807, 2.05) is 0 Å². The van der Waals surface area contributed by atoms with Crippen LogP contribution in [0.15, 0.2) is 0 Å². The van der Waals surface area contributed by atoms with E-state index in [0.29, 0.717) is 5.41 Å². The molecule has 0 spiro atoms. The summed E-state index contributed by atoms with van der Waals surface area (Å²) in [6.07, 6.45) is 5.95. The van der Waals surface area contributed by atoms with E-state index in [-0.39, 0.29) is 5.60 Å². The van der Waals surface area contributed by atoms with E-state index in [4.69, 9.17) is 4.74 Å². The van der Waals surface area contributed by atoms with Crippen LogP contribution in [0.25, 0.3) is 0 Å². The first kappa shape index (κ1) is 15.0. The van der Waals surface area contributed by atoms with E-state index >= 15 is 0 Å². The van der Waals surface area contributed by atoms with E-state index in [2.05, 4.69) is 41.5 Å². The van der Waals surface area contributed by atoms with Gasteiger partial charge in [-0.25, -0.2) is 0 Å². The maximum absolute atomic E-state index is 6.14. The minimum atomic E-state index is 0.0875. The average molecular weight is 214 g/mol. The highest BCUT2D eigenvalue weighted by Gasteiger charge is 2.27. The fourth-order valence-electron chi connectivity index (χ4n) is 1.76. The van der Waals surface area contributed by atoms with Crippen LogP contribution in [0.3, 0.4) is 0 Å². The van der Waals surface area contributed by atoms with Crippen LogP contribution in [0.4, 0.5) is 0 Å². The highest BCUT2D eigenvalue weighted by molar-refractivity contribution is 4.76. The van der Waals surface area contributed by atoms with Crippen LogP contribution < -0.4 is 0 Å². The summed E-state index contributed by atoms with van der Waals surface area (Å²) in [5.74, 6) is 0. The summed E-state index contributed by atoms with van der Waals surface area (Å²) in [6.45, 7) is 14.5. The molecule has 0 aromatic heterocycles. The highest BCUT2D eigenvalue weighted by Crippen LogP contribution is 2.31. The first-order valence-electron chi connectivity index (χ1n) is 6.59. The Morgan fingerprint density at radius 3 is 1.73 bits per heavy atom. The predicted octanol–water partition coefficient (Wildman–Crippen LogP) is 4.80. The molecule has 0 N–H and O–H groups in total. The van der Waals surface area contributed by atoms with Crippen molar-refractivity contribution in [2.24, 2.45) is 5.41 Å². The van der Waals surface area contributed by atoms with Gasteiger partial charge in [0.15, 0.2) is 0 Å². The minimum absolute atomic E-state index is 0.0875. The molecule has 0 radical (unpaired) electrons. The Labute approximate surface area is 96.6 Å². The van der Waals surface area contributed by atoms with Crippen LogP contribution in [-0.4, -0.2) is 12.2 Å². The molecular weight excluding hydrogens is 184 g/mol. The van der Waals surface area contributed by atoms with Crippen molar-refractivity contribution in [1.29, 1.82) is 0 Å². The topological polar surface area (TPSA) is 9.23 Å². The third-order valence-corrected chi connectivity index (χ3v) is 3.97. The fraction of sp³-hybridized carbons (Fsp3) is 1.00. The van der Waals surface area contributed by atoms with Crippen molar-refractivity contribution < 1.29 is 4.74 Å². The molecule has 15 heavy (non-hydrogen) atoms. The van der Waals surface area contributed by atoms with Crippen molar-refractivity contribution in [2.45, 2.75) is 79.2 Å². The third-order valence-electron chi connectivity index (χ3n) is 3.97. The second kappa shape index (κ2) is 6.52. The summed E-state index contributed by atoms with van der Waals surface area (Å²) in [4.78, 5) is 0. The maximum Gasteiger partial charge on any atom is 0.0649 e. The van der Waals surface area contributed by atoms with Crippen molar-refractivity contribution in [3.8, 4) is 0 Å². The van der Waals surface area contributed by atoms with E-state index in [0.717, 1.165) is 19.4 Å². The van der Waals surface area contributed by atoms with Crippen LogP contribution in [0, 0.1) is 5.41 Å². The van der Waals surface area contributed by atoms with Gasteiger partial charge in [0, 0.05) is 0 Å². The van der Waals surface area contributed by atoms with Crippen LogP contribution in [-0.2, 0) is 4.74 Å². The molecule has 0 aromatic rings. The Morgan fingerprint density at radius 1 is 0.867 bits per heavy atom. The number of hydrogen-bond acceptors (Lipinski definition) is 1. The summed E-state index contributed by atoms with van der Waals surface area (Å²) >= 11 is 0.